The van der Waals surface area contributed by atoms with Crippen LogP contribution in [0.1, 0.15) is 30.6 Å². The highest BCUT2D eigenvalue weighted by molar-refractivity contribution is 6.12. The molecule has 0 saturated carbocycles. The van der Waals surface area contributed by atoms with E-state index in [4.69, 9.17) is 5.73 Å². The average Bonchev–Trinajstić information content (AvgIpc) is 2.43. The van der Waals surface area contributed by atoms with E-state index in [0.29, 0.717) is 23.5 Å². The molecule has 1 aromatic rings. The lowest BCUT2D eigenvalue weighted by Crippen LogP contribution is -2.43. The fraction of sp³-hybridized carbons (Fsp3) is 0.385. The molecule has 1 heterocycles. The maximum Gasteiger partial charge on any atom is 0.256 e. The highest BCUT2D eigenvalue weighted by Gasteiger charge is 2.32. The van der Waals surface area contributed by atoms with E-state index in [9.17, 15) is 9.59 Å². The molecule has 2 rings (SSSR count). The van der Waals surface area contributed by atoms with Crippen molar-refractivity contribution in [1.82, 2.24) is 4.90 Å². The molecule has 5 nitrogen and oxygen atoms in total. The Morgan fingerprint density at radius 3 is 2.78 bits per heavy atom. The van der Waals surface area contributed by atoms with E-state index in [2.05, 4.69) is 5.32 Å². The minimum atomic E-state index is -0.482. The average molecular weight is 247 g/mol. The molecule has 18 heavy (non-hydrogen) atoms. The third-order valence-electron chi connectivity index (χ3n) is 3.15. The molecule has 2 amide bonds. The van der Waals surface area contributed by atoms with Crippen molar-refractivity contribution in [1.29, 1.82) is 0 Å². The zero-order chi connectivity index (χ0) is 13.3. The van der Waals surface area contributed by atoms with Crippen molar-refractivity contribution in [3.8, 4) is 0 Å². The number of nitrogens with zero attached hydrogens (tertiary/aromatic N) is 1. The van der Waals surface area contributed by atoms with Crippen molar-refractivity contribution in [2.24, 2.45) is 0 Å². The van der Waals surface area contributed by atoms with E-state index in [1.807, 2.05) is 6.92 Å². The fourth-order valence-corrected chi connectivity index (χ4v) is 2.12. The number of rotatable bonds is 2. The normalized spacial score (nSPS) is 19.2. The molecular weight excluding hydrogens is 230 g/mol. The first-order valence-corrected chi connectivity index (χ1v) is 6.06. The maximum atomic E-state index is 12.4. The molecule has 1 unspecified atom stereocenters. The van der Waals surface area contributed by atoms with E-state index in [0.717, 1.165) is 6.42 Å². The predicted molar refractivity (Wildman–Crippen MR) is 70.3 cm³/mol. The Bertz CT molecular complexity index is 499. The number of para-hydroxylation sites is 1. The van der Waals surface area contributed by atoms with E-state index in [1.165, 1.54) is 0 Å². The van der Waals surface area contributed by atoms with Gasteiger partial charge in [-0.2, -0.15) is 0 Å². The van der Waals surface area contributed by atoms with Gasteiger partial charge in [-0.3, -0.25) is 9.59 Å². The van der Waals surface area contributed by atoms with Crippen molar-refractivity contribution in [3.63, 3.8) is 0 Å². The van der Waals surface area contributed by atoms with Crippen LogP contribution < -0.4 is 11.1 Å². The van der Waals surface area contributed by atoms with Gasteiger partial charge >= 0.3 is 0 Å². The second-order valence-electron chi connectivity index (χ2n) is 4.43. The molecule has 3 N–H and O–H groups in total. The molecule has 0 spiro atoms. The maximum absolute atomic E-state index is 12.4. The van der Waals surface area contributed by atoms with E-state index in [-0.39, 0.29) is 11.8 Å². The Morgan fingerprint density at radius 2 is 2.11 bits per heavy atom. The van der Waals surface area contributed by atoms with Gasteiger partial charge in [0.25, 0.3) is 5.91 Å². The van der Waals surface area contributed by atoms with Crippen LogP contribution in [0.2, 0.25) is 0 Å². The third-order valence-corrected chi connectivity index (χ3v) is 3.15. The minimum Gasteiger partial charge on any atom is -0.397 e. The summed E-state index contributed by atoms with van der Waals surface area (Å²) in [6, 6.07) is 4.60. The van der Waals surface area contributed by atoms with Crippen LogP contribution in [0.4, 0.5) is 11.4 Å². The Hall–Kier alpha value is -2.04. The van der Waals surface area contributed by atoms with Crippen LogP contribution in [0.5, 0.6) is 0 Å². The van der Waals surface area contributed by atoms with Gasteiger partial charge in [0.2, 0.25) is 5.91 Å². The van der Waals surface area contributed by atoms with Gasteiger partial charge in [0, 0.05) is 6.54 Å². The lowest BCUT2D eigenvalue weighted by atomic mass is 10.1. The summed E-state index contributed by atoms with van der Waals surface area (Å²) in [5.74, 6) is -0.349. The number of nitrogens with two attached hydrogens (primary N) is 1. The van der Waals surface area contributed by atoms with Crippen LogP contribution in [0.15, 0.2) is 18.2 Å². The second-order valence-corrected chi connectivity index (χ2v) is 4.43. The standard InChI is InChI=1S/C13H17N3O2/c1-3-7-16-8(2)12(17)15-11-9(13(16)18)5-4-6-10(11)14/h4-6,8H,3,7,14H2,1-2H3,(H,15,17). The molecule has 1 aliphatic rings. The van der Waals surface area contributed by atoms with Gasteiger partial charge in [0.15, 0.2) is 0 Å². The first-order chi connectivity index (χ1) is 8.56. The van der Waals surface area contributed by atoms with Crippen molar-refractivity contribution in [3.05, 3.63) is 23.8 Å². The molecule has 5 heteroatoms. The molecule has 0 aliphatic carbocycles. The monoisotopic (exact) mass is 247 g/mol. The highest BCUT2D eigenvalue weighted by Crippen LogP contribution is 2.28. The molecule has 0 radical (unpaired) electrons. The van der Waals surface area contributed by atoms with Crippen molar-refractivity contribution < 1.29 is 9.59 Å². The number of hydrogen-bond donors (Lipinski definition) is 2. The number of nitrogen functional groups attached to an aromatic ring is 1. The van der Waals surface area contributed by atoms with E-state index in [1.54, 1.807) is 30.0 Å². The zero-order valence-corrected chi connectivity index (χ0v) is 10.6. The lowest BCUT2D eigenvalue weighted by molar-refractivity contribution is -0.119. The summed E-state index contributed by atoms with van der Waals surface area (Å²) in [7, 11) is 0. The number of carbonyl (C=O) groups excluding carboxylic acids is 2. The van der Waals surface area contributed by atoms with Crippen LogP contribution >= 0.6 is 0 Å². The smallest absolute Gasteiger partial charge is 0.256 e. The molecule has 0 bridgehead atoms. The van der Waals surface area contributed by atoms with Crippen LogP contribution in [-0.4, -0.2) is 29.3 Å². The number of carbonyl (C=O) groups is 2. The summed E-state index contributed by atoms with van der Waals surface area (Å²) in [4.78, 5) is 26.0. The molecule has 1 aromatic carbocycles. The zero-order valence-electron chi connectivity index (χ0n) is 10.6. The number of benzene rings is 1. The topological polar surface area (TPSA) is 75.4 Å². The van der Waals surface area contributed by atoms with Gasteiger partial charge in [0.1, 0.15) is 6.04 Å². The molecule has 0 saturated heterocycles. The number of nitrogens with one attached hydrogen (secondary N) is 1. The Kier molecular flexibility index (Phi) is 3.23. The van der Waals surface area contributed by atoms with Crippen molar-refractivity contribution in [2.45, 2.75) is 26.3 Å². The SMILES string of the molecule is CCCN1C(=O)c2cccc(N)c2NC(=O)C1C. The van der Waals surface area contributed by atoms with E-state index >= 15 is 0 Å². The summed E-state index contributed by atoms with van der Waals surface area (Å²) in [5.41, 5.74) is 7.12. The first-order valence-electron chi connectivity index (χ1n) is 6.06. The Balaban J connectivity index is 2.52. The molecule has 0 fully saturated rings. The second kappa shape index (κ2) is 4.68. The quantitative estimate of drug-likeness (QED) is 0.777. The highest BCUT2D eigenvalue weighted by atomic mass is 16.2. The Morgan fingerprint density at radius 1 is 1.39 bits per heavy atom. The minimum absolute atomic E-state index is 0.148. The summed E-state index contributed by atoms with van der Waals surface area (Å²) >= 11 is 0. The van der Waals surface area contributed by atoms with Gasteiger partial charge in [-0.15, -0.1) is 0 Å². The van der Waals surface area contributed by atoms with Crippen LogP contribution in [0.25, 0.3) is 0 Å². The van der Waals surface area contributed by atoms with Gasteiger partial charge in [-0.1, -0.05) is 13.0 Å². The molecule has 1 atom stereocenters. The largest absolute Gasteiger partial charge is 0.397 e. The van der Waals surface area contributed by atoms with Crippen molar-refractivity contribution >= 4 is 23.2 Å². The summed E-state index contributed by atoms with van der Waals surface area (Å²) < 4.78 is 0. The number of fused-ring (bicyclic) bond motifs is 1. The van der Waals surface area contributed by atoms with Crippen molar-refractivity contribution in [2.75, 3.05) is 17.6 Å². The summed E-state index contributed by atoms with van der Waals surface area (Å²) in [6.45, 7) is 4.26. The third kappa shape index (κ3) is 1.92. The number of amides is 2. The number of hydrogen-bond acceptors (Lipinski definition) is 3. The molecule has 1 aliphatic heterocycles. The van der Waals surface area contributed by atoms with Gasteiger partial charge in [-0.25, -0.2) is 0 Å². The van der Waals surface area contributed by atoms with Gasteiger partial charge < -0.3 is 16.0 Å². The molecule has 96 valence electrons. The molecular formula is C13H17N3O2. The number of anilines is 2. The first kappa shape index (κ1) is 12.4. The van der Waals surface area contributed by atoms with Gasteiger partial charge in [0.05, 0.1) is 16.9 Å². The van der Waals surface area contributed by atoms with Crippen LogP contribution in [-0.2, 0) is 4.79 Å². The van der Waals surface area contributed by atoms with Gasteiger partial charge in [-0.05, 0) is 25.5 Å². The summed E-state index contributed by atoms with van der Waals surface area (Å²) in [6.07, 6.45) is 0.807. The van der Waals surface area contributed by atoms with E-state index < -0.39 is 6.04 Å². The predicted octanol–water partition coefficient (Wildman–Crippen LogP) is 1.46. The molecule has 0 aromatic heterocycles. The fourth-order valence-electron chi connectivity index (χ4n) is 2.12. The van der Waals surface area contributed by atoms with Crippen LogP contribution in [0, 0.1) is 0 Å². The Labute approximate surface area is 106 Å². The summed E-state index contributed by atoms with van der Waals surface area (Å²) in [5, 5.41) is 2.73. The lowest BCUT2D eigenvalue weighted by Gasteiger charge is -2.25. The van der Waals surface area contributed by atoms with Crippen LogP contribution in [0.3, 0.4) is 0 Å².